The molecule has 0 saturated carbocycles. The van der Waals surface area contributed by atoms with Gasteiger partial charge in [0.05, 0.1) is 6.42 Å². The summed E-state index contributed by atoms with van der Waals surface area (Å²) in [6.07, 6.45) is -0.0339. The van der Waals surface area contributed by atoms with E-state index in [2.05, 4.69) is 5.32 Å². The number of carboxylic acid groups (broad SMARTS) is 1. The van der Waals surface area contributed by atoms with Gasteiger partial charge in [0.25, 0.3) is 0 Å². The largest absolute Gasteiger partial charge is 0.481 e. The molecule has 0 spiro atoms. The van der Waals surface area contributed by atoms with E-state index in [1.165, 1.54) is 0 Å². The van der Waals surface area contributed by atoms with Crippen molar-refractivity contribution in [1.82, 2.24) is 10.2 Å². The average Bonchev–Trinajstić information content (AvgIpc) is 2.35. The first-order valence-electron chi connectivity index (χ1n) is 6.67. The maximum absolute atomic E-state index is 11.9. The molecule has 0 aliphatic rings. The number of benzene rings is 1. The van der Waals surface area contributed by atoms with Crippen LogP contribution in [0.25, 0.3) is 0 Å². The van der Waals surface area contributed by atoms with Crippen LogP contribution in [0.5, 0.6) is 0 Å². The van der Waals surface area contributed by atoms with E-state index in [0.717, 1.165) is 11.1 Å². The quantitative estimate of drug-likeness (QED) is 0.837. The molecule has 0 aromatic heterocycles. The van der Waals surface area contributed by atoms with Crippen molar-refractivity contribution in [3.8, 4) is 0 Å². The number of hydrogen-bond acceptors (Lipinski definition) is 2. The molecule has 1 aromatic carbocycles. The molecule has 1 aromatic rings. The first kappa shape index (κ1) is 16.0. The maximum Gasteiger partial charge on any atom is 0.317 e. The fraction of sp³-hybridized carbons (Fsp3) is 0.467. The minimum atomic E-state index is -0.874. The van der Waals surface area contributed by atoms with Gasteiger partial charge in [-0.1, -0.05) is 38.1 Å². The van der Waals surface area contributed by atoms with Crippen molar-refractivity contribution >= 4 is 12.0 Å². The first-order chi connectivity index (χ1) is 9.40. The maximum atomic E-state index is 11.9. The Labute approximate surface area is 119 Å². The van der Waals surface area contributed by atoms with Crippen molar-refractivity contribution in [3.05, 3.63) is 35.4 Å². The number of nitrogens with zero attached hydrogens (tertiary/aromatic N) is 1. The molecular formula is C15H22N2O3. The summed E-state index contributed by atoms with van der Waals surface area (Å²) in [5.74, 6) is -0.467. The standard InChI is InChI=1S/C15H22N2O3/c1-11(2)10-17(3)15(20)16-9-13-7-5-4-6-12(13)8-14(18)19/h4-7,11H,8-10H2,1-3H3,(H,16,20)(H,18,19). The third-order valence-corrected chi connectivity index (χ3v) is 2.88. The van der Waals surface area contributed by atoms with Gasteiger partial charge in [0.15, 0.2) is 0 Å². The van der Waals surface area contributed by atoms with Gasteiger partial charge < -0.3 is 15.3 Å². The van der Waals surface area contributed by atoms with E-state index in [4.69, 9.17) is 5.11 Å². The smallest absolute Gasteiger partial charge is 0.317 e. The summed E-state index contributed by atoms with van der Waals surface area (Å²) >= 11 is 0. The van der Waals surface area contributed by atoms with Crippen LogP contribution >= 0.6 is 0 Å². The molecule has 0 fully saturated rings. The van der Waals surface area contributed by atoms with Gasteiger partial charge in [-0.25, -0.2) is 4.79 Å². The molecule has 5 nitrogen and oxygen atoms in total. The normalized spacial score (nSPS) is 10.4. The van der Waals surface area contributed by atoms with E-state index < -0.39 is 5.97 Å². The lowest BCUT2D eigenvalue weighted by Crippen LogP contribution is -2.38. The van der Waals surface area contributed by atoms with Crippen LogP contribution in [0.4, 0.5) is 4.79 Å². The van der Waals surface area contributed by atoms with Crippen LogP contribution in [0.2, 0.25) is 0 Å². The lowest BCUT2D eigenvalue weighted by molar-refractivity contribution is -0.136. The van der Waals surface area contributed by atoms with Gasteiger partial charge in [0.1, 0.15) is 0 Å². The van der Waals surface area contributed by atoms with Crippen LogP contribution in [0.3, 0.4) is 0 Å². The third-order valence-electron chi connectivity index (χ3n) is 2.88. The van der Waals surface area contributed by atoms with Crippen molar-refractivity contribution in [1.29, 1.82) is 0 Å². The molecule has 2 N–H and O–H groups in total. The first-order valence-corrected chi connectivity index (χ1v) is 6.67. The summed E-state index contributed by atoms with van der Waals surface area (Å²) < 4.78 is 0. The van der Waals surface area contributed by atoms with Crippen LogP contribution in [-0.2, 0) is 17.8 Å². The van der Waals surface area contributed by atoms with Crippen molar-refractivity contribution < 1.29 is 14.7 Å². The van der Waals surface area contributed by atoms with Crippen LogP contribution in [-0.4, -0.2) is 35.6 Å². The predicted molar refractivity (Wildman–Crippen MR) is 77.5 cm³/mol. The summed E-state index contributed by atoms with van der Waals surface area (Å²) in [5.41, 5.74) is 1.56. The summed E-state index contributed by atoms with van der Waals surface area (Å²) in [6, 6.07) is 7.09. The Morgan fingerprint density at radius 1 is 1.25 bits per heavy atom. The molecule has 0 heterocycles. The van der Waals surface area contributed by atoms with E-state index >= 15 is 0 Å². The molecule has 110 valence electrons. The Kier molecular flexibility index (Phi) is 6.03. The second kappa shape index (κ2) is 7.53. The number of carbonyl (C=O) groups excluding carboxylic acids is 1. The van der Waals surface area contributed by atoms with Crippen molar-refractivity contribution in [3.63, 3.8) is 0 Å². The van der Waals surface area contributed by atoms with Crippen LogP contribution in [0.15, 0.2) is 24.3 Å². The Morgan fingerprint density at radius 2 is 1.85 bits per heavy atom. The number of hydrogen-bond donors (Lipinski definition) is 2. The number of amides is 2. The summed E-state index contributed by atoms with van der Waals surface area (Å²) in [6.45, 7) is 5.12. The number of aliphatic carboxylic acids is 1. The molecule has 0 radical (unpaired) electrons. The van der Waals surface area contributed by atoms with Crippen LogP contribution in [0, 0.1) is 5.92 Å². The second-order valence-electron chi connectivity index (χ2n) is 5.27. The molecular weight excluding hydrogens is 256 g/mol. The molecule has 0 atom stereocenters. The van der Waals surface area contributed by atoms with Crippen molar-refractivity contribution in [2.24, 2.45) is 5.92 Å². The van der Waals surface area contributed by atoms with Gasteiger partial charge in [0.2, 0.25) is 0 Å². The summed E-state index contributed by atoms with van der Waals surface area (Å²) in [5, 5.41) is 11.7. The fourth-order valence-corrected chi connectivity index (χ4v) is 2.00. The number of rotatable bonds is 6. The van der Waals surface area contributed by atoms with Gasteiger partial charge >= 0.3 is 12.0 Å². The average molecular weight is 278 g/mol. The third kappa shape index (κ3) is 5.30. The molecule has 0 saturated heterocycles. The predicted octanol–water partition coefficient (Wildman–Crippen LogP) is 2.11. The molecule has 0 aliphatic heterocycles. The van der Waals surface area contributed by atoms with Gasteiger partial charge in [0, 0.05) is 20.1 Å². The zero-order valence-electron chi connectivity index (χ0n) is 12.2. The highest BCUT2D eigenvalue weighted by Gasteiger charge is 2.11. The molecule has 0 unspecified atom stereocenters. The van der Waals surface area contributed by atoms with E-state index in [0.29, 0.717) is 19.0 Å². The number of nitrogens with one attached hydrogen (secondary N) is 1. The van der Waals surface area contributed by atoms with Gasteiger partial charge in [-0.2, -0.15) is 0 Å². The monoisotopic (exact) mass is 278 g/mol. The number of carbonyl (C=O) groups is 2. The van der Waals surface area contributed by atoms with Crippen molar-refractivity contribution in [2.45, 2.75) is 26.8 Å². The molecule has 0 bridgehead atoms. The van der Waals surface area contributed by atoms with E-state index in [1.807, 2.05) is 26.0 Å². The highest BCUT2D eigenvalue weighted by Crippen LogP contribution is 2.09. The SMILES string of the molecule is CC(C)CN(C)C(=O)NCc1ccccc1CC(=O)O. The lowest BCUT2D eigenvalue weighted by atomic mass is 10.0. The minimum Gasteiger partial charge on any atom is -0.481 e. The summed E-state index contributed by atoms with van der Waals surface area (Å²) in [7, 11) is 1.75. The fourth-order valence-electron chi connectivity index (χ4n) is 2.00. The van der Waals surface area contributed by atoms with Crippen LogP contribution < -0.4 is 5.32 Å². The second-order valence-corrected chi connectivity index (χ2v) is 5.27. The summed E-state index contributed by atoms with van der Waals surface area (Å²) in [4.78, 5) is 24.3. The molecule has 20 heavy (non-hydrogen) atoms. The van der Waals surface area contributed by atoms with Crippen LogP contribution in [0.1, 0.15) is 25.0 Å². The molecule has 5 heteroatoms. The Hall–Kier alpha value is -2.04. The minimum absolute atomic E-state index is 0.0339. The van der Waals surface area contributed by atoms with Gasteiger partial charge in [-0.15, -0.1) is 0 Å². The van der Waals surface area contributed by atoms with E-state index in [9.17, 15) is 9.59 Å². The number of urea groups is 1. The Bertz CT molecular complexity index is 472. The van der Waals surface area contributed by atoms with Crippen molar-refractivity contribution in [2.75, 3.05) is 13.6 Å². The lowest BCUT2D eigenvalue weighted by Gasteiger charge is -2.20. The topological polar surface area (TPSA) is 69.6 Å². The van der Waals surface area contributed by atoms with E-state index in [1.54, 1.807) is 24.1 Å². The molecule has 1 rings (SSSR count). The van der Waals surface area contributed by atoms with Gasteiger partial charge in [-0.3, -0.25) is 4.79 Å². The van der Waals surface area contributed by atoms with E-state index in [-0.39, 0.29) is 12.5 Å². The zero-order chi connectivity index (χ0) is 15.1. The van der Waals surface area contributed by atoms with Gasteiger partial charge in [-0.05, 0) is 17.0 Å². The molecule has 0 aliphatic carbocycles. The zero-order valence-corrected chi connectivity index (χ0v) is 12.2. The Balaban J connectivity index is 2.61. The number of carboxylic acids is 1. The highest BCUT2D eigenvalue weighted by atomic mass is 16.4. The molecule has 2 amide bonds. The Morgan fingerprint density at radius 3 is 2.40 bits per heavy atom. The highest BCUT2D eigenvalue weighted by molar-refractivity contribution is 5.74.